The summed E-state index contributed by atoms with van der Waals surface area (Å²) in [5.41, 5.74) is -0.628. The van der Waals surface area contributed by atoms with Crippen LogP contribution in [-0.2, 0) is 19.1 Å². The van der Waals surface area contributed by atoms with Crippen molar-refractivity contribution in [2.75, 3.05) is 27.3 Å². The molecule has 0 aliphatic carbocycles. The van der Waals surface area contributed by atoms with Gasteiger partial charge in [0.15, 0.2) is 0 Å². The highest BCUT2D eigenvalue weighted by molar-refractivity contribution is 5.97. The van der Waals surface area contributed by atoms with E-state index in [1.54, 1.807) is 35.0 Å². The molecule has 1 N–H and O–H groups in total. The fraction of sp³-hybridized carbons (Fsp3) is 0.846. The van der Waals surface area contributed by atoms with Gasteiger partial charge in [0, 0.05) is 27.3 Å². The maximum atomic E-state index is 12.4. The summed E-state index contributed by atoms with van der Waals surface area (Å²) in [5, 5.41) is 9.28. The average molecular weight is 273 g/mol. The molecule has 3 atom stereocenters. The van der Waals surface area contributed by atoms with Crippen LogP contribution < -0.4 is 0 Å². The first kappa shape index (κ1) is 15.9. The summed E-state index contributed by atoms with van der Waals surface area (Å²) in [6, 6.07) is 0. The molecule has 1 saturated heterocycles. The van der Waals surface area contributed by atoms with Gasteiger partial charge >= 0.3 is 5.97 Å². The molecule has 1 heterocycles. The van der Waals surface area contributed by atoms with Gasteiger partial charge in [0.1, 0.15) is 18.1 Å². The number of carbonyl (C=O) groups is 2. The van der Waals surface area contributed by atoms with Gasteiger partial charge in [-0.3, -0.25) is 9.59 Å². The molecule has 1 aliphatic heterocycles. The van der Waals surface area contributed by atoms with Crippen LogP contribution in [0.3, 0.4) is 0 Å². The minimum atomic E-state index is -1.09. The lowest BCUT2D eigenvalue weighted by Crippen LogP contribution is -2.44. The number of amides is 1. The van der Waals surface area contributed by atoms with Crippen LogP contribution in [0.4, 0.5) is 0 Å². The fourth-order valence-electron chi connectivity index (χ4n) is 2.41. The Hall–Kier alpha value is -1.14. The Morgan fingerprint density at radius 3 is 1.84 bits per heavy atom. The van der Waals surface area contributed by atoms with Crippen molar-refractivity contribution in [3.8, 4) is 0 Å². The normalized spacial score (nSPS) is 25.4. The number of aliphatic carboxylic acids is 1. The number of nitrogens with zero attached hydrogens (tertiary/aromatic N) is 1. The molecule has 19 heavy (non-hydrogen) atoms. The zero-order valence-corrected chi connectivity index (χ0v) is 12.2. The maximum absolute atomic E-state index is 12.4. The van der Waals surface area contributed by atoms with E-state index >= 15 is 0 Å². The number of hydrogen-bond acceptors (Lipinski definition) is 4. The molecule has 0 radical (unpaired) electrons. The second-order valence-electron chi connectivity index (χ2n) is 5.93. The van der Waals surface area contributed by atoms with E-state index in [-0.39, 0.29) is 18.1 Å². The highest BCUT2D eigenvalue weighted by Crippen LogP contribution is 2.29. The zero-order chi connectivity index (χ0) is 14.8. The van der Waals surface area contributed by atoms with E-state index in [0.717, 1.165) is 0 Å². The number of carboxylic acid groups (broad SMARTS) is 1. The molecule has 6 heteroatoms. The second-order valence-corrected chi connectivity index (χ2v) is 5.93. The first-order valence-electron chi connectivity index (χ1n) is 6.29. The molecule has 1 amide bonds. The largest absolute Gasteiger partial charge is 0.481 e. The third kappa shape index (κ3) is 3.45. The van der Waals surface area contributed by atoms with Crippen LogP contribution in [-0.4, -0.2) is 61.4 Å². The summed E-state index contributed by atoms with van der Waals surface area (Å²) < 4.78 is 10.5. The van der Waals surface area contributed by atoms with E-state index in [9.17, 15) is 14.7 Å². The first-order chi connectivity index (χ1) is 8.72. The van der Waals surface area contributed by atoms with Crippen molar-refractivity contribution in [2.24, 2.45) is 11.3 Å². The minimum Gasteiger partial charge on any atom is -0.481 e. The summed E-state index contributed by atoms with van der Waals surface area (Å²) >= 11 is 0. The molecule has 110 valence electrons. The minimum absolute atomic E-state index is 0.205. The Bertz CT molecular complexity index is 337. The molecule has 0 aromatic heterocycles. The van der Waals surface area contributed by atoms with Gasteiger partial charge in [0.05, 0.1) is 0 Å². The van der Waals surface area contributed by atoms with E-state index in [0.29, 0.717) is 13.1 Å². The van der Waals surface area contributed by atoms with E-state index in [2.05, 4.69) is 0 Å². The van der Waals surface area contributed by atoms with Crippen molar-refractivity contribution in [1.82, 2.24) is 4.90 Å². The molecule has 0 aromatic rings. The van der Waals surface area contributed by atoms with Crippen molar-refractivity contribution in [2.45, 2.75) is 33.0 Å². The van der Waals surface area contributed by atoms with Crippen molar-refractivity contribution < 1.29 is 24.2 Å². The molecule has 0 bridgehead atoms. The number of ether oxygens (including phenoxy) is 2. The lowest BCUT2D eigenvalue weighted by Gasteiger charge is -2.29. The summed E-state index contributed by atoms with van der Waals surface area (Å²) in [7, 11) is 3.12. The second kappa shape index (κ2) is 5.88. The smallest absolute Gasteiger partial charge is 0.316 e. The van der Waals surface area contributed by atoms with Crippen molar-refractivity contribution in [3.63, 3.8) is 0 Å². The number of rotatable bonds is 4. The van der Waals surface area contributed by atoms with Crippen LogP contribution in [0.15, 0.2) is 0 Å². The lowest BCUT2D eigenvalue weighted by atomic mass is 9.80. The summed E-state index contributed by atoms with van der Waals surface area (Å²) in [4.78, 5) is 25.2. The van der Waals surface area contributed by atoms with Gasteiger partial charge in [-0.05, 0) is 5.41 Å². The van der Waals surface area contributed by atoms with Crippen LogP contribution in [0.5, 0.6) is 0 Å². The third-order valence-electron chi connectivity index (χ3n) is 3.49. The van der Waals surface area contributed by atoms with Crippen LogP contribution in [0.1, 0.15) is 20.8 Å². The SMILES string of the molecule is COC1CN(C(=O)C(C(=O)O)C(C)(C)C)CC1OC. The molecule has 0 saturated carbocycles. The number of carboxylic acids is 1. The van der Waals surface area contributed by atoms with E-state index < -0.39 is 17.3 Å². The molecule has 0 spiro atoms. The molecule has 0 aromatic carbocycles. The first-order valence-corrected chi connectivity index (χ1v) is 6.29. The summed E-state index contributed by atoms with van der Waals surface area (Å²) in [6.45, 7) is 5.99. The number of likely N-dealkylation sites (tertiary alicyclic amines) is 1. The Morgan fingerprint density at radius 1 is 1.16 bits per heavy atom. The quantitative estimate of drug-likeness (QED) is 0.759. The van der Waals surface area contributed by atoms with Gasteiger partial charge < -0.3 is 19.5 Å². The lowest BCUT2D eigenvalue weighted by molar-refractivity contribution is -0.156. The highest BCUT2D eigenvalue weighted by Gasteiger charge is 2.44. The predicted molar refractivity (Wildman–Crippen MR) is 68.8 cm³/mol. The number of methoxy groups -OCH3 is 2. The third-order valence-corrected chi connectivity index (χ3v) is 3.49. The topological polar surface area (TPSA) is 76.1 Å². The number of hydrogen-bond donors (Lipinski definition) is 1. The van der Waals surface area contributed by atoms with Gasteiger partial charge in [-0.2, -0.15) is 0 Å². The van der Waals surface area contributed by atoms with Crippen molar-refractivity contribution >= 4 is 11.9 Å². The standard InChI is InChI=1S/C13H23NO5/c1-13(2,3)10(12(16)17)11(15)14-6-8(18-4)9(7-14)19-5/h8-10H,6-7H2,1-5H3,(H,16,17). The monoisotopic (exact) mass is 273 g/mol. The Balaban J connectivity index is 2.86. The molecule has 6 nitrogen and oxygen atoms in total. The summed E-state index contributed by atoms with van der Waals surface area (Å²) in [5.74, 6) is -2.52. The van der Waals surface area contributed by atoms with Gasteiger partial charge in [-0.1, -0.05) is 20.8 Å². The van der Waals surface area contributed by atoms with E-state index in [1.165, 1.54) is 4.90 Å². The van der Waals surface area contributed by atoms with Crippen LogP contribution in [0.2, 0.25) is 0 Å². The molecule has 1 rings (SSSR count). The Labute approximate surface area is 113 Å². The Kier molecular flexibility index (Phi) is 4.92. The molecular weight excluding hydrogens is 250 g/mol. The van der Waals surface area contributed by atoms with Gasteiger partial charge in [0.25, 0.3) is 0 Å². The van der Waals surface area contributed by atoms with Crippen LogP contribution in [0.25, 0.3) is 0 Å². The highest BCUT2D eigenvalue weighted by atomic mass is 16.5. The molecule has 3 unspecified atom stereocenters. The van der Waals surface area contributed by atoms with Gasteiger partial charge in [-0.15, -0.1) is 0 Å². The van der Waals surface area contributed by atoms with Crippen LogP contribution >= 0.6 is 0 Å². The predicted octanol–water partition coefficient (Wildman–Crippen LogP) is 0.606. The van der Waals surface area contributed by atoms with Crippen LogP contribution in [0, 0.1) is 11.3 Å². The van der Waals surface area contributed by atoms with Crippen molar-refractivity contribution in [3.05, 3.63) is 0 Å². The fourth-order valence-corrected chi connectivity index (χ4v) is 2.41. The zero-order valence-electron chi connectivity index (χ0n) is 12.2. The van der Waals surface area contributed by atoms with E-state index in [1.807, 2.05) is 0 Å². The average Bonchev–Trinajstić information content (AvgIpc) is 2.69. The Morgan fingerprint density at radius 2 is 1.58 bits per heavy atom. The molecular formula is C13H23NO5. The summed E-state index contributed by atoms with van der Waals surface area (Å²) in [6.07, 6.45) is -0.410. The van der Waals surface area contributed by atoms with Gasteiger partial charge in [-0.25, -0.2) is 0 Å². The molecule has 1 aliphatic rings. The van der Waals surface area contributed by atoms with Gasteiger partial charge in [0.2, 0.25) is 5.91 Å². The maximum Gasteiger partial charge on any atom is 0.316 e. The van der Waals surface area contributed by atoms with E-state index in [4.69, 9.17) is 9.47 Å². The number of carbonyl (C=O) groups excluding carboxylic acids is 1. The molecule has 1 fully saturated rings. The van der Waals surface area contributed by atoms with Crippen molar-refractivity contribution in [1.29, 1.82) is 0 Å².